The van der Waals surface area contributed by atoms with Crippen molar-refractivity contribution in [3.05, 3.63) is 53.9 Å². The van der Waals surface area contributed by atoms with Gasteiger partial charge < -0.3 is 4.57 Å². The summed E-state index contributed by atoms with van der Waals surface area (Å²) in [5.74, 6) is 0.621. The quantitative estimate of drug-likeness (QED) is 0.709. The van der Waals surface area contributed by atoms with Crippen molar-refractivity contribution in [2.75, 3.05) is 0 Å². The molecule has 2 nitrogen and oxygen atoms in total. The third kappa shape index (κ3) is 2.89. The van der Waals surface area contributed by atoms with Gasteiger partial charge in [0.15, 0.2) is 0 Å². The zero-order valence-electron chi connectivity index (χ0n) is 11.3. The van der Waals surface area contributed by atoms with Gasteiger partial charge in [-0.15, -0.1) is 0 Å². The number of hydrogen-bond donors (Lipinski definition) is 0. The molecule has 0 saturated carbocycles. The lowest BCUT2D eigenvalue weighted by molar-refractivity contribution is 0.734. The summed E-state index contributed by atoms with van der Waals surface area (Å²) in [6.07, 6.45) is 5.09. The lowest BCUT2D eigenvalue weighted by Gasteiger charge is -2.08. The molecule has 0 aliphatic rings. The molecule has 2 heteroatoms. The Morgan fingerprint density at radius 2 is 1.94 bits per heavy atom. The van der Waals surface area contributed by atoms with E-state index in [0.717, 1.165) is 11.4 Å². The SMILES string of the molecule is CC[C@H](C)c1ccc(N=Cc2cccn2C)cc1. The second-order valence-electron chi connectivity index (χ2n) is 4.70. The smallest absolute Gasteiger partial charge is 0.0630 e. The maximum Gasteiger partial charge on any atom is 0.0630 e. The minimum absolute atomic E-state index is 0.621. The number of benzene rings is 1. The summed E-state index contributed by atoms with van der Waals surface area (Å²) in [7, 11) is 2.02. The number of hydrogen-bond acceptors (Lipinski definition) is 1. The molecule has 1 heterocycles. The molecular weight excluding hydrogens is 220 g/mol. The maximum atomic E-state index is 4.49. The van der Waals surface area contributed by atoms with Gasteiger partial charge in [0.1, 0.15) is 0 Å². The Morgan fingerprint density at radius 1 is 1.22 bits per heavy atom. The average molecular weight is 240 g/mol. The fraction of sp³-hybridized carbons (Fsp3) is 0.312. The number of nitrogens with zero attached hydrogens (tertiary/aromatic N) is 2. The van der Waals surface area contributed by atoms with Crippen LogP contribution in [0.4, 0.5) is 5.69 Å². The van der Waals surface area contributed by atoms with E-state index in [-0.39, 0.29) is 0 Å². The van der Waals surface area contributed by atoms with Crippen LogP contribution in [0.15, 0.2) is 47.6 Å². The summed E-state index contributed by atoms with van der Waals surface area (Å²) in [6.45, 7) is 4.47. The number of aryl methyl sites for hydroxylation is 1. The predicted octanol–water partition coefficient (Wildman–Crippen LogP) is 4.29. The highest BCUT2D eigenvalue weighted by Crippen LogP contribution is 2.21. The lowest BCUT2D eigenvalue weighted by atomic mass is 9.99. The van der Waals surface area contributed by atoms with Crippen LogP contribution in [0.3, 0.4) is 0 Å². The van der Waals surface area contributed by atoms with Crippen LogP contribution < -0.4 is 0 Å². The van der Waals surface area contributed by atoms with Crippen molar-refractivity contribution in [2.24, 2.45) is 12.0 Å². The van der Waals surface area contributed by atoms with Crippen LogP contribution in [0.2, 0.25) is 0 Å². The molecule has 0 amide bonds. The third-order valence-electron chi connectivity index (χ3n) is 3.40. The standard InChI is InChI=1S/C16H20N2/c1-4-13(2)14-7-9-15(10-8-14)17-12-16-6-5-11-18(16)3/h5-13H,4H2,1-3H3/t13-/m0/s1. The highest BCUT2D eigenvalue weighted by atomic mass is 14.9. The first kappa shape index (κ1) is 12.6. The van der Waals surface area contributed by atoms with Gasteiger partial charge in [-0.1, -0.05) is 26.0 Å². The van der Waals surface area contributed by atoms with E-state index in [1.54, 1.807) is 0 Å². The van der Waals surface area contributed by atoms with Gasteiger partial charge in [0, 0.05) is 13.2 Å². The van der Waals surface area contributed by atoms with Gasteiger partial charge >= 0.3 is 0 Å². The molecular formula is C16H20N2. The Bertz CT molecular complexity index is 520. The van der Waals surface area contributed by atoms with Crippen molar-refractivity contribution in [2.45, 2.75) is 26.2 Å². The zero-order chi connectivity index (χ0) is 13.0. The molecule has 0 aliphatic carbocycles. The third-order valence-corrected chi connectivity index (χ3v) is 3.40. The lowest BCUT2D eigenvalue weighted by Crippen LogP contribution is -1.92. The Labute approximate surface area is 109 Å². The summed E-state index contributed by atoms with van der Waals surface area (Å²) in [6, 6.07) is 12.6. The van der Waals surface area contributed by atoms with Gasteiger partial charge in [0.05, 0.1) is 17.6 Å². The Kier molecular flexibility index (Phi) is 3.98. The molecule has 18 heavy (non-hydrogen) atoms. The van der Waals surface area contributed by atoms with E-state index in [1.807, 2.05) is 25.5 Å². The van der Waals surface area contributed by atoms with E-state index in [2.05, 4.69) is 53.7 Å². The van der Waals surface area contributed by atoms with Crippen LogP contribution >= 0.6 is 0 Å². The molecule has 0 saturated heterocycles. The van der Waals surface area contributed by atoms with Crippen LogP contribution in [0.25, 0.3) is 0 Å². The predicted molar refractivity (Wildman–Crippen MR) is 77.8 cm³/mol. The van der Waals surface area contributed by atoms with Crippen LogP contribution in [0.1, 0.15) is 37.4 Å². The maximum absolute atomic E-state index is 4.49. The summed E-state index contributed by atoms with van der Waals surface area (Å²) in [5, 5.41) is 0. The van der Waals surface area contributed by atoms with E-state index >= 15 is 0 Å². The van der Waals surface area contributed by atoms with E-state index in [1.165, 1.54) is 12.0 Å². The first-order chi connectivity index (χ1) is 8.70. The second-order valence-corrected chi connectivity index (χ2v) is 4.70. The van der Waals surface area contributed by atoms with Gasteiger partial charge in [-0.25, -0.2) is 0 Å². The zero-order valence-corrected chi connectivity index (χ0v) is 11.3. The monoisotopic (exact) mass is 240 g/mol. The Morgan fingerprint density at radius 3 is 2.50 bits per heavy atom. The molecule has 2 aromatic rings. The van der Waals surface area contributed by atoms with Crippen molar-refractivity contribution < 1.29 is 0 Å². The number of aliphatic imine (C=N–C) groups is 1. The van der Waals surface area contributed by atoms with E-state index < -0.39 is 0 Å². The summed E-state index contributed by atoms with van der Waals surface area (Å²) < 4.78 is 2.05. The molecule has 0 N–H and O–H groups in total. The van der Waals surface area contributed by atoms with Gasteiger partial charge in [-0.05, 0) is 42.2 Å². The molecule has 2 rings (SSSR count). The molecule has 0 bridgehead atoms. The van der Waals surface area contributed by atoms with Crippen molar-refractivity contribution in [1.82, 2.24) is 4.57 Å². The molecule has 1 atom stereocenters. The molecule has 1 aromatic carbocycles. The first-order valence-electron chi connectivity index (χ1n) is 6.46. The van der Waals surface area contributed by atoms with Gasteiger partial charge in [-0.2, -0.15) is 0 Å². The first-order valence-corrected chi connectivity index (χ1v) is 6.46. The minimum atomic E-state index is 0.621. The largest absolute Gasteiger partial charge is 0.350 e. The molecule has 94 valence electrons. The minimum Gasteiger partial charge on any atom is -0.350 e. The molecule has 0 radical (unpaired) electrons. The fourth-order valence-corrected chi connectivity index (χ4v) is 1.87. The van der Waals surface area contributed by atoms with E-state index in [9.17, 15) is 0 Å². The molecule has 0 fully saturated rings. The van der Waals surface area contributed by atoms with Crippen LogP contribution in [0, 0.1) is 0 Å². The van der Waals surface area contributed by atoms with Crippen molar-refractivity contribution >= 4 is 11.9 Å². The Hall–Kier alpha value is -1.83. The normalized spacial score (nSPS) is 13.1. The summed E-state index contributed by atoms with van der Waals surface area (Å²) in [4.78, 5) is 4.49. The van der Waals surface area contributed by atoms with Crippen molar-refractivity contribution in [3.63, 3.8) is 0 Å². The highest BCUT2D eigenvalue weighted by molar-refractivity contribution is 5.80. The van der Waals surface area contributed by atoms with Crippen molar-refractivity contribution in [1.29, 1.82) is 0 Å². The number of rotatable bonds is 4. The van der Waals surface area contributed by atoms with E-state index in [0.29, 0.717) is 5.92 Å². The molecule has 0 unspecified atom stereocenters. The highest BCUT2D eigenvalue weighted by Gasteiger charge is 2.01. The molecule has 1 aromatic heterocycles. The topological polar surface area (TPSA) is 17.3 Å². The summed E-state index contributed by atoms with van der Waals surface area (Å²) in [5.41, 5.74) is 3.50. The molecule has 0 spiro atoms. The number of aromatic nitrogens is 1. The fourth-order valence-electron chi connectivity index (χ4n) is 1.87. The van der Waals surface area contributed by atoms with Crippen LogP contribution in [0.5, 0.6) is 0 Å². The second kappa shape index (κ2) is 5.67. The molecule has 0 aliphatic heterocycles. The van der Waals surface area contributed by atoms with Crippen molar-refractivity contribution in [3.8, 4) is 0 Å². The van der Waals surface area contributed by atoms with Gasteiger partial charge in [-0.3, -0.25) is 4.99 Å². The van der Waals surface area contributed by atoms with Gasteiger partial charge in [0.2, 0.25) is 0 Å². The summed E-state index contributed by atoms with van der Waals surface area (Å²) >= 11 is 0. The van der Waals surface area contributed by atoms with Crippen LogP contribution in [-0.2, 0) is 7.05 Å². The van der Waals surface area contributed by atoms with Crippen LogP contribution in [-0.4, -0.2) is 10.8 Å². The Balaban J connectivity index is 2.11. The average Bonchev–Trinajstić information content (AvgIpc) is 2.81. The van der Waals surface area contributed by atoms with Gasteiger partial charge in [0.25, 0.3) is 0 Å². The van der Waals surface area contributed by atoms with E-state index in [4.69, 9.17) is 0 Å².